The molecule has 0 spiro atoms. The monoisotopic (exact) mass is 1120 g/mol. The number of ether oxygens (including phenoxy) is 8. The number of fused-ring (bicyclic) bond motifs is 2. The highest BCUT2D eigenvalue weighted by molar-refractivity contribution is 5.95. The van der Waals surface area contributed by atoms with E-state index < -0.39 is 125 Å². The van der Waals surface area contributed by atoms with E-state index in [2.05, 4.69) is 0 Å². The molecule has 0 aliphatic carbocycles. The zero-order valence-electron chi connectivity index (χ0n) is 42.3. The summed E-state index contributed by atoms with van der Waals surface area (Å²) >= 11 is 0. The van der Waals surface area contributed by atoms with E-state index in [0.29, 0.717) is 0 Å². The zero-order chi connectivity index (χ0) is 57.6. The smallest absolute Gasteiger partial charge is 0.229 e. The van der Waals surface area contributed by atoms with Crippen molar-refractivity contribution in [2.45, 2.75) is 73.6 Å². The summed E-state index contributed by atoms with van der Waals surface area (Å²) in [4.78, 5) is 0. The van der Waals surface area contributed by atoms with Gasteiger partial charge in [-0.3, -0.25) is 0 Å². The molecule has 0 saturated carbocycles. The first kappa shape index (κ1) is 53.8. The second-order valence-electron chi connectivity index (χ2n) is 19.7. The standard InChI is InChI=1S/C57H52O24/c1-74-39-11-22(12-40(75-2)46(39)69)53-56(81-57-50(73)49(72)47(70)41(19-58)78-57)27-15-24(76-37-13-23(59)14-38(77-53)42(27)37)5-6-25-30(62)17-34(66)43-45(48(71)52(80-54(25)43)21-4-8-29(61)33(65)10-21)44-35(67)18-31(63)26-16-36(68)51(79-55(26)44)20-3-7-28(60)32(64)9-20/h3-15,17-18,24,36,41,45,47-52,57-73H,16,19H2,1-2H3. The quantitative estimate of drug-likeness (QED) is 0.0819. The molecule has 6 aromatic carbocycles. The molecule has 0 radical (unpaired) electrons. The van der Waals surface area contributed by atoms with Crippen LogP contribution in [0.5, 0.6) is 92.0 Å². The Kier molecular flexibility index (Phi) is 13.6. The lowest BCUT2D eigenvalue weighted by Crippen LogP contribution is -2.59. The lowest BCUT2D eigenvalue weighted by atomic mass is 9.76. The maximum atomic E-state index is 12.6. The number of phenolic OH excluding ortho intramolecular Hbond substituents is 10. The highest BCUT2D eigenvalue weighted by Crippen LogP contribution is 2.59. The summed E-state index contributed by atoms with van der Waals surface area (Å²) in [5, 5.41) is 177. The van der Waals surface area contributed by atoms with Crippen molar-refractivity contribution in [2.75, 3.05) is 20.8 Å². The first-order valence-corrected chi connectivity index (χ1v) is 24.9. The van der Waals surface area contributed by atoms with E-state index >= 15 is 0 Å². The van der Waals surface area contributed by atoms with Crippen LogP contribution < -0.4 is 28.4 Å². The molecule has 5 aliphatic heterocycles. The Balaban J connectivity index is 1.08. The molecule has 24 heteroatoms. The van der Waals surface area contributed by atoms with Crippen LogP contribution >= 0.6 is 0 Å². The molecule has 0 bridgehead atoms. The Bertz CT molecular complexity index is 3580. The van der Waals surface area contributed by atoms with Crippen molar-refractivity contribution >= 4 is 17.4 Å². The lowest BCUT2D eigenvalue weighted by molar-refractivity contribution is -0.290. The van der Waals surface area contributed by atoms with Crippen molar-refractivity contribution in [3.8, 4) is 92.0 Å². The Morgan fingerprint density at radius 2 is 1.20 bits per heavy atom. The molecule has 0 amide bonds. The van der Waals surface area contributed by atoms with E-state index in [4.69, 9.17) is 37.9 Å². The number of aromatic hydroxyl groups is 10. The number of hydrogen-bond donors (Lipinski definition) is 16. The van der Waals surface area contributed by atoms with Crippen LogP contribution in [0, 0.1) is 0 Å². The molecular formula is C57H52O24. The molecule has 5 aliphatic rings. The Morgan fingerprint density at radius 1 is 0.593 bits per heavy atom. The predicted molar refractivity (Wildman–Crippen MR) is 277 cm³/mol. The summed E-state index contributed by atoms with van der Waals surface area (Å²) < 4.78 is 48.7. The van der Waals surface area contributed by atoms with Gasteiger partial charge in [0.15, 0.2) is 52.1 Å². The third-order valence-corrected chi connectivity index (χ3v) is 14.7. The molecule has 1 fully saturated rings. The zero-order valence-corrected chi connectivity index (χ0v) is 42.3. The van der Waals surface area contributed by atoms with Gasteiger partial charge in [0.05, 0.1) is 44.0 Å². The molecule has 16 N–H and O–H groups in total. The first-order valence-electron chi connectivity index (χ1n) is 24.9. The molecular weight excluding hydrogens is 1070 g/mol. The predicted octanol–water partition coefficient (Wildman–Crippen LogP) is 3.86. The summed E-state index contributed by atoms with van der Waals surface area (Å²) in [5.41, 5.74) is -0.225. The van der Waals surface area contributed by atoms with E-state index in [0.717, 1.165) is 36.4 Å². The topological polar surface area (TPSA) is 398 Å². The molecule has 81 heavy (non-hydrogen) atoms. The molecule has 11 rings (SSSR count). The molecule has 11 unspecified atom stereocenters. The van der Waals surface area contributed by atoms with Gasteiger partial charge < -0.3 is 120 Å². The lowest BCUT2D eigenvalue weighted by Gasteiger charge is -2.41. The molecule has 6 aromatic rings. The largest absolute Gasteiger partial charge is 0.508 e. The fourth-order valence-electron chi connectivity index (χ4n) is 10.8. The minimum absolute atomic E-state index is 0.0129. The molecule has 0 aromatic heterocycles. The number of benzene rings is 6. The normalized spacial score (nSPS) is 25.5. The van der Waals surface area contributed by atoms with Gasteiger partial charge in [0.25, 0.3) is 0 Å². The maximum Gasteiger partial charge on any atom is 0.229 e. The highest BCUT2D eigenvalue weighted by Gasteiger charge is 2.49. The van der Waals surface area contributed by atoms with Gasteiger partial charge in [-0.1, -0.05) is 12.1 Å². The Labute approximate surface area is 457 Å². The SMILES string of the molecule is COc1cc(C2=C(OC3OC(CO)C(O)C(O)C3O)C3=CC(C=Cc4c(O)cc(O)c5c4OC(c4ccc(O)c(O)c4)C(O)C5c4c(O)cc(O)c5c4OC(c4ccc(O)c(O)c4)C(O)C5)Oc4cc(O)cc(c43)O2)cc(OC)c1O. The van der Waals surface area contributed by atoms with Crippen molar-refractivity contribution in [3.05, 3.63) is 135 Å². The third kappa shape index (κ3) is 9.13. The highest BCUT2D eigenvalue weighted by atomic mass is 16.7. The number of phenols is 10. The van der Waals surface area contributed by atoms with E-state index in [1.807, 2.05) is 0 Å². The van der Waals surface area contributed by atoms with E-state index in [-0.39, 0.29) is 108 Å². The van der Waals surface area contributed by atoms with Gasteiger partial charge in [0.1, 0.15) is 94.5 Å². The van der Waals surface area contributed by atoms with Crippen molar-refractivity contribution < 1.29 is 120 Å². The van der Waals surface area contributed by atoms with E-state index in [1.165, 1.54) is 68.8 Å². The summed E-state index contributed by atoms with van der Waals surface area (Å²) in [6.45, 7) is -0.811. The van der Waals surface area contributed by atoms with Gasteiger partial charge in [0.2, 0.25) is 12.0 Å². The number of allylic oxidation sites excluding steroid dienone is 1. The number of hydrogen-bond acceptors (Lipinski definition) is 24. The Hall–Kier alpha value is -9.14. The average molecular weight is 1120 g/mol. The van der Waals surface area contributed by atoms with Gasteiger partial charge in [-0.05, 0) is 65.8 Å². The fourth-order valence-corrected chi connectivity index (χ4v) is 10.8. The van der Waals surface area contributed by atoms with Crippen LogP contribution in [-0.2, 0) is 15.9 Å². The van der Waals surface area contributed by atoms with Crippen LogP contribution in [0.15, 0.2) is 90.7 Å². The molecule has 24 nitrogen and oxygen atoms in total. The molecule has 11 atom stereocenters. The number of aliphatic hydroxyl groups excluding tert-OH is 6. The molecule has 1 saturated heterocycles. The van der Waals surface area contributed by atoms with Crippen molar-refractivity contribution in [3.63, 3.8) is 0 Å². The molecule has 5 heterocycles. The fraction of sp³-hybridized carbons (Fsp3) is 0.263. The number of methoxy groups -OCH3 is 2. The van der Waals surface area contributed by atoms with Crippen LogP contribution in [0.3, 0.4) is 0 Å². The van der Waals surface area contributed by atoms with Gasteiger partial charge in [-0.2, -0.15) is 0 Å². The van der Waals surface area contributed by atoms with Crippen LogP contribution in [0.4, 0.5) is 0 Å². The van der Waals surface area contributed by atoms with Gasteiger partial charge in [-0.15, -0.1) is 0 Å². The van der Waals surface area contributed by atoms with Crippen LogP contribution in [0.1, 0.15) is 62.6 Å². The minimum atomic E-state index is -1.94. The number of aliphatic hydroxyl groups is 6. The van der Waals surface area contributed by atoms with E-state index in [9.17, 15) is 81.7 Å². The van der Waals surface area contributed by atoms with Crippen LogP contribution in [0.25, 0.3) is 17.4 Å². The second-order valence-corrected chi connectivity index (χ2v) is 19.7. The summed E-state index contributed by atoms with van der Waals surface area (Å²) in [7, 11) is 2.55. The average Bonchev–Trinajstić information content (AvgIpc) is 3.64. The van der Waals surface area contributed by atoms with Gasteiger partial charge in [0, 0.05) is 58.5 Å². The van der Waals surface area contributed by atoms with Crippen LogP contribution in [0.2, 0.25) is 0 Å². The van der Waals surface area contributed by atoms with E-state index in [1.54, 1.807) is 0 Å². The summed E-state index contributed by atoms with van der Waals surface area (Å²) in [6.07, 6.45) is -12.5. The van der Waals surface area contributed by atoms with Crippen LogP contribution in [-0.4, -0.2) is 152 Å². The van der Waals surface area contributed by atoms with Gasteiger partial charge >= 0.3 is 0 Å². The third-order valence-electron chi connectivity index (χ3n) is 14.7. The maximum absolute atomic E-state index is 12.6. The summed E-state index contributed by atoms with van der Waals surface area (Å²) in [5.74, 6) is -8.41. The minimum Gasteiger partial charge on any atom is -0.508 e. The van der Waals surface area contributed by atoms with Gasteiger partial charge in [-0.25, -0.2) is 0 Å². The molecule has 424 valence electrons. The number of rotatable bonds is 11. The van der Waals surface area contributed by atoms with Crippen molar-refractivity contribution in [1.29, 1.82) is 0 Å². The second kappa shape index (κ2) is 20.5. The Morgan fingerprint density at radius 3 is 1.83 bits per heavy atom. The first-order chi connectivity index (χ1) is 38.7. The van der Waals surface area contributed by atoms with Crippen molar-refractivity contribution in [1.82, 2.24) is 0 Å². The summed E-state index contributed by atoms with van der Waals surface area (Å²) in [6, 6.07) is 14.2. The van der Waals surface area contributed by atoms with Crippen molar-refractivity contribution in [2.24, 2.45) is 0 Å².